The number of carbonyl (C=O) groups is 1. The van der Waals surface area contributed by atoms with Crippen LogP contribution in [0.5, 0.6) is 0 Å². The van der Waals surface area contributed by atoms with Crippen LogP contribution in [0.15, 0.2) is 60.7 Å². The first-order valence-corrected chi connectivity index (χ1v) is 8.53. The molecule has 0 radical (unpaired) electrons. The second kappa shape index (κ2) is 7.97. The van der Waals surface area contributed by atoms with Gasteiger partial charge in [-0.3, -0.25) is 0 Å². The van der Waals surface area contributed by atoms with Gasteiger partial charge in [0.2, 0.25) is 0 Å². The summed E-state index contributed by atoms with van der Waals surface area (Å²) < 4.78 is 0. The van der Waals surface area contributed by atoms with E-state index in [-0.39, 0.29) is 6.04 Å². The molecule has 126 valence electrons. The van der Waals surface area contributed by atoms with Crippen LogP contribution in [0, 0.1) is 0 Å². The first kappa shape index (κ1) is 16.5. The molecule has 1 saturated heterocycles. The number of hydrogen-bond donors (Lipinski definition) is 2. The largest absolute Gasteiger partial charge is 0.465 e. The molecule has 1 amide bonds. The van der Waals surface area contributed by atoms with E-state index in [9.17, 15) is 9.90 Å². The van der Waals surface area contributed by atoms with E-state index in [1.54, 1.807) is 4.90 Å². The van der Waals surface area contributed by atoms with Crippen LogP contribution in [0.1, 0.15) is 24.0 Å². The van der Waals surface area contributed by atoms with Gasteiger partial charge in [-0.15, -0.1) is 0 Å². The van der Waals surface area contributed by atoms with Crippen molar-refractivity contribution in [2.75, 3.05) is 6.54 Å². The quantitative estimate of drug-likeness (QED) is 0.884. The van der Waals surface area contributed by atoms with Gasteiger partial charge in [0, 0.05) is 25.2 Å². The lowest BCUT2D eigenvalue weighted by molar-refractivity contribution is 0.0961. The van der Waals surface area contributed by atoms with Crippen molar-refractivity contribution in [1.29, 1.82) is 0 Å². The van der Waals surface area contributed by atoms with Crippen molar-refractivity contribution in [2.24, 2.45) is 0 Å². The molecular formula is C20H24N2O2. The van der Waals surface area contributed by atoms with Gasteiger partial charge in [0.1, 0.15) is 0 Å². The van der Waals surface area contributed by atoms with E-state index in [0.717, 1.165) is 25.8 Å². The first-order chi connectivity index (χ1) is 11.7. The fraction of sp³-hybridized carbons (Fsp3) is 0.350. The summed E-state index contributed by atoms with van der Waals surface area (Å²) in [5.74, 6) is 0. The molecule has 0 aliphatic carbocycles. The Morgan fingerprint density at radius 3 is 2.29 bits per heavy atom. The molecule has 2 aromatic rings. The van der Waals surface area contributed by atoms with Gasteiger partial charge in [-0.25, -0.2) is 4.79 Å². The Bertz CT molecular complexity index is 645. The van der Waals surface area contributed by atoms with E-state index >= 15 is 0 Å². The Balaban J connectivity index is 1.61. The maximum absolute atomic E-state index is 11.5. The van der Waals surface area contributed by atoms with Gasteiger partial charge >= 0.3 is 6.09 Å². The van der Waals surface area contributed by atoms with Crippen LogP contribution in [0.3, 0.4) is 0 Å². The standard InChI is InChI=1S/C20H24N2O2/c23-20(24)22-12-11-18(21-15-17-9-5-2-6-10-17)14-19(22)13-16-7-3-1-4-8-16/h1-10,18-19,21H,11-15H2,(H,23,24). The fourth-order valence-electron chi connectivity index (χ4n) is 3.43. The average molecular weight is 324 g/mol. The number of benzene rings is 2. The maximum Gasteiger partial charge on any atom is 0.407 e. The normalized spacial score (nSPS) is 20.8. The minimum absolute atomic E-state index is 0.0342. The third-order valence-corrected chi connectivity index (χ3v) is 4.71. The molecule has 3 rings (SSSR count). The van der Waals surface area contributed by atoms with Crippen molar-refractivity contribution in [1.82, 2.24) is 10.2 Å². The molecule has 1 aliphatic rings. The molecule has 24 heavy (non-hydrogen) atoms. The van der Waals surface area contributed by atoms with Crippen LogP contribution in [-0.2, 0) is 13.0 Å². The molecule has 0 aromatic heterocycles. The minimum Gasteiger partial charge on any atom is -0.465 e. The van der Waals surface area contributed by atoms with Crippen molar-refractivity contribution in [3.63, 3.8) is 0 Å². The number of likely N-dealkylation sites (tertiary alicyclic amines) is 1. The summed E-state index contributed by atoms with van der Waals surface area (Å²) in [4.78, 5) is 13.2. The lowest BCUT2D eigenvalue weighted by atomic mass is 9.92. The third kappa shape index (κ3) is 4.36. The zero-order valence-corrected chi connectivity index (χ0v) is 13.8. The highest BCUT2D eigenvalue weighted by Gasteiger charge is 2.31. The van der Waals surface area contributed by atoms with Crippen molar-refractivity contribution in [3.8, 4) is 0 Å². The van der Waals surface area contributed by atoms with Crippen LogP contribution in [-0.4, -0.2) is 34.7 Å². The highest BCUT2D eigenvalue weighted by molar-refractivity contribution is 5.65. The van der Waals surface area contributed by atoms with Gasteiger partial charge in [-0.1, -0.05) is 60.7 Å². The van der Waals surface area contributed by atoms with Crippen molar-refractivity contribution >= 4 is 6.09 Å². The molecule has 1 heterocycles. The Morgan fingerprint density at radius 2 is 1.67 bits per heavy atom. The molecule has 0 spiro atoms. The maximum atomic E-state index is 11.5. The van der Waals surface area contributed by atoms with Crippen LogP contribution in [0.25, 0.3) is 0 Å². The van der Waals surface area contributed by atoms with E-state index in [2.05, 4.69) is 29.6 Å². The summed E-state index contributed by atoms with van der Waals surface area (Å²) in [6, 6.07) is 20.9. The van der Waals surface area contributed by atoms with Crippen molar-refractivity contribution < 1.29 is 9.90 Å². The van der Waals surface area contributed by atoms with E-state index in [0.29, 0.717) is 12.6 Å². The topological polar surface area (TPSA) is 52.6 Å². The predicted molar refractivity (Wildman–Crippen MR) is 95.0 cm³/mol. The van der Waals surface area contributed by atoms with Gasteiger partial charge < -0.3 is 15.3 Å². The second-order valence-electron chi connectivity index (χ2n) is 6.41. The molecule has 2 N–H and O–H groups in total. The summed E-state index contributed by atoms with van der Waals surface area (Å²) in [6.07, 6.45) is 1.69. The SMILES string of the molecule is O=C(O)N1CCC(NCc2ccccc2)CC1Cc1ccccc1. The summed E-state index contributed by atoms with van der Waals surface area (Å²) in [6.45, 7) is 1.43. The van der Waals surface area contributed by atoms with Crippen LogP contribution >= 0.6 is 0 Å². The van der Waals surface area contributed by atoms with Gasteiger partial charge in [0.25, 0.3) is 0 Å². The summed E-state index contributed by atoms with van der Waals surface area (Å²) in [5, 5.41) is 13.1. The fourth-order valence-corrected chi connectivity index (χ4v) is 3.43. The van der Waals surface area contributed by atoms with Crippen LogP contribution in [0.2, 0.25) is 0 Å². The van der Waals surface area contributed by atoms with Crippen molar-refractivity contribution in [2.45, 2.75) is 37.9 Å². The number of nitrogens with zero attached hydrogens (tertiary/aromatic N) is 1. The van der Waals surface area contributed by atoms with Crippen LogP contribution in [0.4, 0.5) is 4.79 Å². The molecule has 4 heteroatoms. The van der Waals surface area contributed by atoms with E-state index in [1.807, 2.05) is 36.4 Å². The lowest BCUT2D eigenvalue weighted by Gasteiger charge is -2.38. The summed E-state index contributed by atoms with van der Waals surface area (Å²) >= 11 is 0. The van der Waals surface area contributed by atoms with E-state index in [4.69, 9.17) is 0 Å². The van der Waals surface area contributed by atoms with E-state index in [1.165, 1.54) is 11.1 Å². The number of amides is 1. The average Bonchev–Trinajstić information content (AvgIpc) is 2.62. The molecule has 1 aliphatic heterocycles. The molecule has 0 bridgehead atoms. The second-order valence-corrected chi connectivity index (χ2v) is 6.41. The molecule has 2 atom stereocenters. The Labute approximate surface area is 143 Å². The van der Waals surface area contributed by atoms with Gasteiger partial charge in [0.05, 0.1) is 0 Å². The first-order valence-electron chi connectivity index (χ1n) is 8.53. The number of rotatable bonds is 5. The summed E-state index contributed by atoms with van der Waals surface area (Å²) in [5.41, 5.74) is 2.45. The molecule has 2 aromatic carbocycles. The number of carboxylic acid groups (broad SMARTS) is 1. The van der Waals surface area contributed by atoms with Gasteiger partial charge in [-0.05, 0) is 30.4 Å². The smallest absolute Gasteiger partial charge is 0.407 e. The Kier molecular flexibility index (Phi) is 5.49. The third-order valence-electron chi connectivity index (χ3n) is 4.71. The highest BCUT2D eigenvalue weighted by Crippen LogP contribution is 2.22. The zero-order valence-electron chi connectivity index (χ0n) is 13.8. The molecular weight excluding hydrogens is 300 g/mol. The van der Waals surface area contributed by atoms with E-state index < -0.39 is 6.09 Å². The molecule has 4 nitrogen and oxygen atoms in total. The lowest BCUT2D eigenvalue weighted by Crippen LogP contribution is -2.51. The predicted octanol–water partition coefficient (Wildman–Crippen LogP) is 3.53. The number of piperidine rings is 1. The van der Waals surface area contributed by atoms with Gasteiger partial charge in [0.15, 0.2) is 0 Å². The zero-order chi connectivity index (χ0) is 16.8. The monoisotopic (exact) mass is 324 g/mol. The molecule has 0 saturated carbocycles. The van der Waals surface area contributed by atoms with Crippen LogP contribution < -0.4 is 5.32 Å². The Hall–Kier alpha value is -2.33. The number of nitrogens with one attached hydrogen (secondary N) is 1. The number of hydrogen-bond acceptors (Lipinski definition) is 2. The Morgan fingerprint density at radius 1 is 1.04 bits per heavy atom. The molecule has 2 unspecified atom stereocenters. The highest BCUT2D eigenvalue weighted by atomic mass is 16.4. The van der Waals surface area contributed by atoms with Crippen molar-refractivity contribution in [3.05, 3.63) is 71.8 Å². The minimum atomic E-state index is -0.808. The van der Waals surface area contributed by atoms with Gasteiger partial charge in [-0.2, -0.15) is 0 Å². The summed E-state index contributed by atoms with van der Waals surface area (Å²) in [7, 11) is 0. The molecule has 1 fully saturated rings.